The Morgan fingerprint density at radius 2 is 2.21 bits per heavy atom. The van der Waals surface area contributed by atoms with Gasteiger partial charge in [0.2, 0.25) is 0 Å². The van der Waals surface area contributed by atoms with E-state index in [1.54, 1.807) is 11.3 Å². The van der Waals surface area contributed by atoms with Crippen LogP contribution in [-0.4, -0.2) is 11.6 Å². The first-order valence-corrected chi connectivity index (χ1v) is 6.16. The molecule has 14 heavy (non-hydrogen) atoms. The van der Waals surface area contributed by atoms with Gasteiger partial charge in [-0.2, -0.15) is 0 Å². The highest BCUT2D eigenvalue weighted by atomic mass is 35.5. The van der Waals surface area contributed by atoms with Gasteiger partial charge in [0.15, 0.2) is 0 Å². The minimum Gasteiger partial charge on any atom is -0.371 e. The Hall–Kier alpha value is -0.120. The summed E-state index contributed by atoms with van der Waals surface area (Å²) in [6.45, 7) is 7.08. The molecule has 0 spiro atoms. The summed E-state index contributed by atoms with van der Waals surface area (Å²) in [5, 5.41) is 3.00. The number of ether oxygens (including phenoxy) is 1. The summed E-state index contributed by atoms with van der Waals surface area (Å²) in [6, 6.07) is 0. The molecule has 1 heterocycles. The summed E-state index contributed by atoms with van der Waals surface area (Å²) in [5.74, 6) is 1.04. The minimum absolute atomic E-state index is 0.0827. The summed E-state index contributed by atoms with van der Waals surface area (Å²) < 4.78 is 5.65. The largest absolute Gasteiger partial charge is 0.371 e. The van der Waals surface area contributed by atoms with E-state index in [-0.39, 0.29) is 6.10 Å². The summed E-state index contributed by atoms with van der Waals surface area (Å²) in [7, 11) is 0. The van der Waals surface area contributed by atoms with Crippen LogP contribution < -0.4 is 0 Å². The number of alkyl halides is 1. The van der Waals surface area contributed by atoms with E-state index in [0.29, 0.717) is 11.8 Å². The topological polar surface area (TPSA) is 22.1 Å². The van der Waals surface area contributed by atoms with Gasteiger partial charge in [0.05, 0.1) is 11.6 Å². The van der Waals surface area contributed by atoms with Gasteiger partial charge in [-0.05, 0) is 12.8 Å². The quantitative estimate of drug-likeness (QED) is 0.725. The molecule has 0 bridgehead atoms. The lowest BCUT2D eigenvalue weighted by Gasteiger charge is -2.11. The fourth-order valence-corrected chi connectivity index (χ4v) is 2.03. The molecule has 0 N–H and O–H groups in total. The Bertz CT molecular complexity index is 275. The first-order valence-electron chi connectivity index (χ1n) is 4.75. The monoisotopic (exact) mass is 233 g/mol. The highest BCUT2D eigenvalue weighted by Gasteiger charge is 2.10. The lowest BCUT2D eigenvalue weighted by Crippen LogP contribution is -2.06. The minimum atomic E-state index is 0.0827. The van der Waals surface area contributed by atoms with E-state index in [9.17, 15) is 0 Å². The van der Waals surface area contributed by atoms with Crippen LogP contribution in [0.1, 0.15) is 37.6 Å². The molecule has 2 nitrogen and oxygen atoms in total. The lowest BCUT2D eigenvalue weighted by molar-refractivity contribution is 0.0467. The van der Waals surface area contributed by atoms with Crippen molar-refractivity contribution in [3.8, 4) is 0 Å². The SMILES string of the molecule is CC(C)CO[C@@H](C)c1nc(CCl)cs1. The predicted molar refractivity (Wildman–Crippen MR) is 60.9 cm³/mol. The third-order valence-corrected chi connectivity index (χ3v) is 3.06. The number of hydrogen-bond donors (Lipinski definition) is 0. The van der Waals surface area contributed by atoms with E-state index in [1.807, 2.05) is 12.3 Å². The summed E-state index contributed by atoms with van der Waals surface area (Å²) in [5.41, 5.74) is 0.937. The maximum Gasteiger partial charge on any atom is 0.122 e. The molecule has 80 valence electrons. The van der Waals surface area contributed by atoms with E-state index in [4.69, 9.17) is 16.3 Å². The molecular formula is C10H16ClNOS. The van der Waals surface area contributed by atoms with Gasteiger partial charge in [0, 0.05) is 12.0 Å². The zero-order valence-electron chi connectivity index (χ0n) is 8.79. The van der Waals surface area contributed by atoms with E-state index in [1.165, 1.54) is 0 Å². The van der Waals surface area contributed by atoms with Crippen molar-refractivity contribution in [3.05, 3.63) is 16.1 Å². The van der Waals surface area contributed by atoms with Crippen molar-refractivity contribution >= 4 is 22.9 Å². The van der Waals surface area contributed by atoms with Gasteiger partial charge in [-0.1, -0.05) is 13.8 Å². The number of aromatic nitrogens is 1. The van der Waals surface area contributed by atoms with Crippen LogP contribution in [0.25, 0.3) is 0 Å². The highest BCUT2D eigenvalue weighted by molar-refractivity contribution is 7.09. The molecule has 0 aliphatic heterocycles. The third kappa shape index (κ3) is 3.56. The van der Waals surface area contributed by atoms with Gasteiger partial charge < -0.3 is 4.74 Å². The van der Waals surface area contributed by atoms with Crippen LogP contribution in [0.4, 0.5) is 0 Å². The van der Waals surface area contributed by atoms with Crippen LogP contribution in [0, 0.1) is 5.92 Å². The first kappa shape index (κ1) is 12.0. The second-order valence-electron chi connectivity index (χ2n) is 3.68. The Balaban J connectivity index is 2.47. The number of rotatable bonds is 5. The van der Waals surface area contributed by atoms with Crippen molar-refractivity contribution in [3.63, 3.8) is 0 Å². The molecule has 1 aromatic rings. The highest BCUT2D eigenvalue weighted by Crippen LogP contribution is 2.22. The van der Waals surface area contributed by atoms with Gasteiger partial charge in [-0.15, -0.1) is 22.9 Å². The van der Waals surface area contributed by atoms with E-state index in [0.717, 1.165) is 17.3 Å². The number of thiazole rings is 1. The van der Waals surface area contributed by atoms with Crippen molar-refractivity contribution in [1.82, 2.24) is 4.98 Å². The van der Waals surface area contributed by atoms with Crippen LogP contribution in [0.15, 0.2) is 5.38 Å². The van der Waals surface area contributed by atoms with Crippen molar-refractivity contribution in [1.29, 1.82) is 0 Å². The van der Waals surface area contributed by atoms with Gasteiger partial charge in [0.25, 0.3) is 0 Å². The van der Waals surface area contributed by atoms with Crippen molar-refractivity contribution in [2.75, 3.05) is 6.61 Å². The third-order valence-electron chi connectivity index (χ3n) is 1.73. The number of nitrogens with zero attached hydrogens (tertiary/aromatic N) is 1. The van der Waals surface area contributed by atoms with Crippen LogP contribution in [0.3, 0.4) is 0 Å². The Kier molecular flexibility index (Phi) is 4.85. The normalized spacial score (nSPS) is 13.5. The molecular weight excluding hydrogens is 218 g/mol. The molecule has 0 radical (unpaired) electrons. The maximum atomic E-state index is 5.68. The standard InChI is InChI=1S/C10H16ClNOS/c1-7(2)5-13-8(3)10-12-9(4-11)6-14-10/h6-8H,4-5H2,1-3H3/t8-/m0/s1. The molecule has 1 aromatic heterocycles. The molecule has 0 unspecified atom stereocenters. The zero-order chi connectivity index (χ0) is 10.6. The van der Waals surface area contributed by atoms with E-state index >= 15 is 0 Å². The Morgan fingerprint density at radius 3 is 2.71 bits per heavy atom. The second-order valence-corrected chi connectivity index (χ2v) is 4.84. The second kappa shape index (κ2) is 5.69. The number of halogens is 1. The molecule has 0 fully saturated rings. The molecule has 0 amide bonds. The van der Waals surface area contributed by atoms with Crippen LogP contribution >= 0.6 is 22.9 Å². The van der Waals surface area contributed by atoms with Gasteiger partial charge in [-0.3, -0.25) is 0 Å². The van der Waals surface area contributed by atoms with Crippen LogP contribution in [0.5, 0.6) is 0 Å². The summed E-state index contributed by atoms with van der Waals surface area (Å²) in [4.78, 5) is 4.37. The molecule has 0 aromatic carbocycles. The number of hydrogen-bond acceptors (Lipinski definition) is 3. The van der Waals surface area contributed by atoms with Crippen molar-refractivity contribution in [2.24, 2.45) is 5.92 Å². The van der Waals surface area contributed by atoms with Gasteiger partial charge in [-0.25, -0.2) is 4.98 Å². The average Bonchev–Trinajstić information content (AvgIpc) is 2.62. The first-order chi connectivity index (χ1) is 6.63. The predicted octanol–water partition coefficient (Wildman–Crippen LogP) is 3.62. The Morgan fingerprint density at radius 1 is 1.50 bits per heavy atom. The van der Waals surface area contributed by atoms with Crippen LogP contribution in [0.2, 0.25) is 0 Å². The van der Waals surface area contributed by atoms with Crippen molar-refractivity contribution < 1.29 is 4.74 Å². The molecule has 0 aliphatic carbocycles. The average molecular weight is 234 g/mol. The molecule has 1 atom stereocenters. The summed E-state index contributed by atoms with van der Waals surface area (Å²) in [6.07, 6.45) is 0.0827. The van der Waals surface area contributed by atoms with Crippen LogP contribution in [-0.2, 0) is 10.6 Å². The zero-order valence-corrected chi connectivity index (χ0v) is 10.4. The summed E-state index contributed by atoms with van der Waals surface area (Å²) >= 11 is 7.29. The fourth-order valence-electron chi connectivity index (χ4n) is 0.979. The molecule has 0 saturated carbocycles. The smallest absolute Gasteiger partial charge is 0.122 e. The van der Waals surface area contributed by atoms with Gasteiger partial charge in [0.1, 0.15) is 11.1 Å². The lowest BCUT2D eigenvalue weighted by atomic mass is 10.2. The fraction of sp³-hybridized carbons (Fsp3) is 0.700. The van der Waals surface area contributed by atoms with Gasteiger partial charge >= 0.3 is 0 Å². The van der Waals surface area contributed by atoms with E-state index in [2.05, 4.69) is 18.8 Å². The molecule has 1 rings (SSSR count). The maximum absolute atomic E-state index is 5.68. The molecule has 4 heteroatoms. The molecule has 0 saturated heterocycles. The van der Waals surface area contributed by atoms with Crippen molar-refractivity contribution in [2.45, 2.75) is 32.8 Å². The molecule has 0 aliphatic rings. The van der Waals surface area contributed by atoms with E-state index < -0.39 is 0 Å². The Labute approximate surface area is 94.3 Å².